The number of aryl methyl sites for hydroxylation is 1. The first-order chi connectivity index (χ1) is 9.81. The Bertz CT molecular complexity index is 510. The first kappa shape index (κ1) is 14.1. The van der Waals surface area contributed by atoms with E-state index < -0.39 is 0 Å². The highest BCUT2D eigenvalue weighted by atomic mass is 16.5. The summed E-state index contributed by atoms with van der Waals surface area (Å²) < 4.78 is 5.59. The summed E-state index contributed by atoms with van der Waals surface area (Å²) in [5, 5.41) is 3.19. The Balaban J connectivity index is 1.84. The molecule has 0 fully saturated rings. The first-order valence-corrected chi connectivity index (χ1v) is 6.58. The smallest absolute Gasteiger partial charge is 0.145 e. The largest absolute Gasteiger partial charge is 0.492 e. The molecule has 6 heteroatoms. The van der Waals surface area contributed by atoms with E-state index in [0.717, 1.165) is 23.8 Å². The van der Waals surface area contributed by atoms with E-state index in [1.54, 1.807) is 6.07 Å². The van der Waals surface area contributed by atoms with Gasteiger partial charge in [0.15, 0.2) is 0 Å². The average Bonchev–Trinajstić information content (AvgIpc) is 2.52. The number of hydrazine groups is 1. The average molecular weight is 273 g/mol. The molecule has 0 bridgehead atoms. The van der Waals surface area contributed by atoms with Crippen molar-refractivity contribution in [1.29, 1.82) is 0 Å². The van der Waals surface area contributed by atoms with Crippen LogP contribution in [0.1, 0.15) is 12.7 Å². The second-order valence-corrected chi connectivity index (χ2v) is 4.14. The van der Waals surface area contributed by atoms with E-state index in [0.29, 0.717) is 19.0 Å². The third kappa shape index (κ3) is 4.10. The van der Waals surface area contributed by atoms with Crippen LogP contribution in [0.25, 0.3) is 0 Å². The summed E-state index contributed by atoms with van der Waals surface area (Å²) in [4.78, 5) is 8.60. The molecule has 0 saturated carbocycles. The maximum Gasteiger partial charge on any atom is 0.145 e. The maximum atomic E-state index is 5.59. The number of nitrogens with zero attached hydrogens (tertiary/aromatic N) is 2. The Morgan fingerprint density at radius 1 is 1.15 bits per heavy atom. The summed E-state index contributed by atoms with van der Waals surface area (Å²) in [6.45, 7) is 3.21. The number of hydrogen-bond donors (Lipinski definition) is 3. The Kier molecular flexibility index (Phi) is 5.14. The van der Waals surface area contributed by atoms with E-state index in [-0.39, 0.29) is 0 Å². The highest BCUT2D eigenvalue weighted by molar-refractivity contribution is 5.46. The minimum absolute atomic E-state index is 0.556. The predicted molar refractivity (Wildman–Crippen MR) is 79.6 cm³/mol. The van der Waals surface area contributed by atoms with Crippen molar-refractivity contribution in [2.75, 3.05) is 23.9 Å². The molecule has 2 rings (SSSR count). The summed E-state index contributed by atoms with van der Waals surface area (Å²) in [6, 6.07) is 11.5. The number of rotatable bonds is 7. The fourth-order valence-electron chi connectivity index (χ4n) is 1.68. The summed E-state index contributed by atoms with van der Waals surface area (Å²) in [5.41, 5.74) is 2.54. The van der Waals surface area contributed by atoms with Crippen LogP contribution in [0.15, 0.2) is 36.4 Å². The molecule has 0 unspecified atom stereocenters. The van der Waals surface area contributed by atoms with Crippen molar-refractivity contribution in [1.82, 2.24) is 9.97 Å². The molecule has 0 aliphatic carbocycles. The van der Waals surface area contributed by atoms with Gasteiger partial charge < -0.3 is 15.5 Å². The van der Waals surface area contributed by atoms with Gasteiger partial charge in [-0.3, -0.25) is 0 Å². The van der Waals surface area contributed by atoms with Crippen LogP contribution < -0.4 is 21.3 Å². The molecule has 6 nitrogen and oxygen atoms in total. The van der Waals surface area contributed by atoms with E-state index in [2.05, 4.69) is 20.7 Å². The van der Waals surface area contributed by atoms with Crippen LogP contribution in [0.2, 0.25) is 0 Å². The molecule has 0 aliphatic heterocycles. The quantitative estimate of drug-likeness (QED) is 0.405. The zero-order valence-corrected chi connectivity index (χ0v) is 11.5. The van der Waals surface area contributed by atoms with Crippen molar-refractivity contribution in [2.45, 2.75) is 13.3 Å². The summed E-state index contributed by atoms with van der Waals surface area (Å²) in [7, 11) is 0. The van der Waals surface area contributed by atoms with Crippen molar-refractivity contribution in [3.63, 3.8) is 0 Å². The minimum Gasteiger partial charge on any atom is -0.492 e. The lowest BCUT2D eigenvalue weighted by Gasteiger charge is -2.10. The van der Waals surface area contributed by atoms with E-state index in [1.807, 2.05) is 37.3 Å². The van der Waals surface area contributed by atoms with Crippen molar-refractivity contribution in [2.24, 2.45) is 5.84 Å². The maximum absolute atomic E-state index is 5.59. The Labute approximate surface area is 118 Å². The molecule has 1 heterocycles. The topological polar surface area (TPSA) is 85.1 Å². The second kappa shape index (κ2) is 7.30. The van der Waals surface area contributed by atoms with Crippen LogP contribution in [0.3, 0.4) is 0 Å². The van der Waals surface area contributed by atoms with Crippen molar-refractivity contribution >= 4 is 11.6 Å². The molecule has 4 N–H and O–H groups in total. The van der Waals surface area contributed by atoms with Crippen molar-refractivity contribution in [3.05, 3.63) is 42.2 Å². The SMILES string of the molecule is CCc1nc(NN)cc(NCCOc2ccccc2)n1. The summed E-state index contributed by atoms with van der Waals surface area (Å²) in [5.74, 6) is 8.32. The third-order valence-corrected chi connectivity index (χ3v) is 2.66. The zero-order chi connectivity index (χ0) is 14.2. The Morgan fingerprint density at radius 2 is 1.90 bits per heavy atom. The van der Waals surface area contributed by atoms with Gasteiger partial charge in [0.2, 0.25) is 0 Å². The first-order valence-electron chi connectivity index (χ1n) is 6.58. The van der Waals surface area contributed by atoms with Gasteiger partial charge in [0.1, 0.15) is 29.8 Å². The monoisotopic (exact) mass is 273 g/mol. The van der Waals surface area contributed by atoms with Crippen molar-refractivity contribution < 1.29 is 4.74 Å². The molecule has 1 aromatic heterocycles. The summed E-state index contributed by atoms with van der Waals surface area (Å²) in [6.07, 6.45) is 0.755. The Hall–Kier alpha value is -2.34. The fourth-order valence-corrected chi connectivity index (χ4v) is 1.68. The van der Waals surface area contributed by atoms with Gasteiger partial charge >= 0.3 is 0 Å². The Morgan fingerprint density at radius 3 is 2.60 bits per heavy atom. The lowest BCUT2D eigenvalue weighted by Crippen LogP contribution is -2.15. The zero-order valence-electron chi connectivity index (χ0n) is 11.5. The molecule has 0 atom stereocenters. The van der Waals surface area contributed by atoms with E-state index in [9.17, 15) is 0 Å². The number of aromatic nitrogens is 2. The molecule has 0 spiro atoms. The molecule has 20 heavy (non-hydrogen) atoms. The van der Waals surface area contributed by atoms with Gasteiger partial charge in [0, 0.05) is 12.5 Å². The number of benzene rings is 1. The summed E-state index contributed by atoms with van der Waals surface area (Å²) >= 11 is 0. The van der Waals surface area contributed by atoms with E-state index >= 15 is 0 Å². The highest BCUT2D eigenvalue weighted by Gasteiger charge is 2.02. The van der Waals surface area contributed by atoms with Crippen molar-refractivity contribution in [3.8, 4) is 5.75 Å². The van der Waals surface area contributed by atoms with Crippen LogP contribution in [0.5, 0.6) is 5.75 Å². The lowest BCUT2D eigenvalue weighted by atomic mass is 10.3. The molecule has 106 valence electrons. The van der Waals surface area contributed by atoms with Gasteiger partial charge in [-0.15, -0.1) is 0 Å². The van der Waals surface area contributed by atoms with Gasteiger partial charge in [-0.05, 0) is 12.1 Å². The number of nitrogens with two attached hydrogens (primary N) is 1. The van der Waals surface area contributed by atoms with Gasteiger partial charge in [-0.1, -0.05) is 25.1 Å². The molecule has 0 amide bonds. The molecule has 0 aliphatic rings. The molecule has 2 aromatic rings. The number of ether oxygens (including phenoxy) is 1. The van der Waals surface area contributed by atoms with Crippen LogP contribution >= 0.6 is 0 Å². The number of nitrogens with one attached hydrogen (secondary N) is 2. The molecule has 0 saturated heterocycles. The second-order valence-electron chi connectivity index (χ2n) is 4.14. The predicted octanol–water partition coefficient (Wildman–Crippen LogP) is 1.82. The van der Waals surface area contributed by atoms with Gasteiger partial charge in [0.05, 0.1) is 6.54 Å². The minimum atomic E-state index is 0.556. The normalized spacial score (nSPS) is 10.1. The molecule has 0 radical (unpaired) electrons. The highest BCUT2D eigenvalue weighted by Crippen LogP contribution is 2.11. The number of anilines is 2. The van der Waals surface area contributed by atoms with Crippen LogP contribution in [0, 0.1) is 0 Å². The lowest BCUT2D eigenvalue weighted by molar-refractivity contribution is 0.332. The number of nitrogen functional groups attached to an aromatic ring is 1. The molecular formula is C14H19N5O. The molecule has 1 aromatic carbocycles. The molecular weight excluding hydrogens is 254 g/mol. The third-order valence-electron chi connectivity index (χ3n) is 2.66. The van der Waals surface area contributed by atoms with Gasteiger partial charge in [-0.25, -0.2) is 15.8 Å². The van der Waals surface area contributed by atoms with Gasteiger partial charge in [0.25, 0.3) is 0 Å². The van der Waals surface area contributed by atoms with E-state index in [4.69, 9.17) is 10.6 Å². The number of hydrogen-bond acceptors (Lipinski definition) is 6. The fraction of sp³-hybridized carbons (Fsp3) is 0.286. The van der Waals surface area contributed by atoms with Crippen LogP contribution in [-0.2, 0) is 6.42 Å². The van der Waals surface area contributed by atoms with Gasteiger partial charge in [-0.2, -0.15) is 0 Å². The van der Waals surface area contributed by atoms with Crippen LogP contribution in [-0.4, -0.2) is 23.1 Å². The van der Waals surface area contributed by atoms with E-state index in [1.165, 1.54) is 0 Å². The van der Waals surface area contributed by atoms with Crippen LogP contribution in [0.4, 0.5) is 11.6 Å². The number of para-hydroxylation sites is 1. The standard InChI is InChI=1S/C14H19N5O/c1-2-12-17-13(10-14(18-12)19-15)16-8-9-20-11-6-4-3-5-7-11/h3-7,10H,2,8-9,15H2,1H3,(H2,16,17,18,19).